The number of halogens is 1. The number of benzene rings is 1. The lowest BCUT2D eigenvalue weighted by molar-refractivity contribution is 0.101. The van der Waals surface area contributed by atoms with Crippen LogP contribution >= 0.6 is 11.6 Å². The zero-order valence-electron chi connectivity index (χ0n) is 11.6. The molecule has 0 aliphatic rings. The topological polar surface area (TPSA) is 34.9 Å². The van der Waals surface area contributed by atoms with Crippen molar-refractivity contribution < 1.29 is 4.79 Å². The summed E-state index contributed by atoms with van der Waals surface area (Å²) in [5, 5.41) is 5.16. The lowest BCUT2D eigenvalue weighted by atomic mass is 10.1. The highest BCUT2D eigenvalue weighted by atomic mass is 35.5. The minimum absolute atomic E-state index is 0.0521. The summed E-state index contributed by atoms with van der Waals surface area (Å²) in [6.07, 6.45) is 0. The molecule has 0 bridgehead atoms. The number of carbonyl (C=O) groups excluding carboxylic acids is 1. The molecule has 3 nitrogen and oxygen atoms in total. The number of hydrogen-bond acceptors (Lipinski definition) is 2. The van der Waals surface area contributed by atoms with Gasteiger partial charge in [-0.2, -0.15) is 5.10 Å². The third kappa shape index (κ3) is 2.71. The highest BCUT2D eigenvalue weighted by Gasteiger charge is 2.15. The molecule has 0 unspecified atom stereocenters. The van der Waals surface area contributed by atoms with E-state index < -0.39 is 0 Å². The molecule has 4 heteroatoms. The van der Waals surface area contributed by atoms with Crippen LogP contribution in [0, 0.1) is 20.8 Å². The number of aromatic nitrogens is 2. The minimum Gasteiger partial charge on any atom is -0.294 e. The quantitative estimate of drug-likeness (QED) is 0.801. The van der Waals surface area contributed by atoms with Crippen LogP contribution in [0.25, 0.3) is 0 Å². The second-order valence-corrected chi connectivity index (χ2v) is 5.26. The minimum atomic E-state index is 0.0521. The first-order valence-corrected chi connectivity index (χ1v) is 6.58. The number of ketones is 1. The molecule has 1 aromatic heterocycles. The van der Waals surface area contributed by atoms with Crippen molar-refractivity contribution in [3.8, 4) is 0 Å². The molecule has 0 N–H and O–H groups in total. The second kappa shape index (κ2) is 5.17. The molecule has 0 radical (unpaired) electrons. The molecular weight excluding hydrogens is 260 g/mol. The fourth-order valence-electron chi connectivity index (χ4n) is 2.30. The van der Waals surface area contributed by atoms with Crippen LogP contribution in [-0.2, 0) is 6.54 Å². The average Bonchev–Trinajstić information content (AvgIpc) is 2.58. The maximum atomic E-state index is 11.6. The number of carbonyl (C=O) groups is 1. The summed E-state index contributed by atoms with van der Waals surface area (Å²) in [6.45, 7) is 7.93. The molecule has 19 heavy (non-hydrogen) atoms. The first-order chi connectivity index (χ1) is 8.90. The van der Waals surface area contributed by atoms with Gasteiger partial charge in [0.2, 0.25) is 0 Å². The van der Waals surface area contributed by atoms with Crippen molar-refractivity contribution in [1.82, 2.24) is 9.78 Å². The Morgan fingerprint density at radius 3 is 2.53 bits per heavy atom. The summed E-state index contributed by atoms with van der Waals surface area (Å²) in [7, 11) is 0. The summed E-state index contributed by atoms with van der Waals surface area (Å²) < 4.78 is 1.84. The van der Waals surface area contributed by atoms with Crippen molar-refractivity contribution in [1.29, 1.82) is 0 Å². The van der Waals surface area contributed by atoms with E-state index >= 15 is 0 Å². The van der Waals surface area contributed by atoms with Crippen molar-refractivity contribution in [2.24, 2.45) is 0 Å². The van der Waals surface area contributed by atoms with E-state index in [4.69, 9.17) is 11.6 Å². The molecule has 0 atom stereocenters. The van der Waals surface area contributed by atoms with Crippen LogP contribution in [0.15, 0.2) is 18.2 Å². The molecular formula is C15H17ClN2O. The monoisotopic (exact) mass is 276 g/mol. The molecule has 0 amide bonds. The van der Waals surface area contributed by atoms with E-state index in [9.17, 15) is 4.79 Å². The molecule has 0 saturated carbocycles. The number of aryl methyl sites for hydroxylation is 2. The van der Waals surface area contributed by atoms with E-state index in [0.717, 1.165) is 27.5 Å². The molecule has 0 saturated heterocycles. The van der Waals surface area contributed by atoms with Crippen LogP contribution < -0.4 is 0 Å². The molecule has 2 aromatic rings. The van der Waals surface area contributed by atoms with Gasteiger partial charge in [-0.15, -0.1) is 0 Å². The van der Waals surface area contributed by atoms with Crippen LogP contribution in [0.3, 0.4) is 0 Å². The normalized spacial score (nSPS) is 10.8. The van der Waals surface area contributed by atoms with E-state index in [1.807, 2.05) is 43.7 Å². The molecule has 100 valence electrons. The number of hydrogen-bond donors (Lipinski definition) is 0. The van der Waals surface area contributed by atoms with Gasteiger partial charge < -0.3 is 0 Å². The van der Waals surface area contributed by atoms with Gasteiger partial charge in [-0.05, 0) is 44.9 Å². The van der Waals surface area contributed by atoms with Gasteiger partial charge in [0.15, 0.2) is 5.78 Å². The Labute approximate surface area is 118 Å². The van der Waals surface area contributed by atoms with E-state index in [-0.39, 0.29) is 5.78 Å². The zero-order chi connectivity index (χ0) is 14.2. The summed E-state index contributed by atoms with van der Waals surface area (Å²) in [6, 6.07) is 5.97. The third-order valence-corrected chi connectivity index (χ3v) is 3.61. The third-order valence-electron chi connectivity index (χ3n) is 3.26. The molecule has 0 spiro atoms. The van der Waals surface area contributed by atoms with Crippen molar-refractivity contribution in [2.75, 3.05) is 0 Å². The summed E-state index contributed by atoms with van der Waals surface area (Å²) in [4.78, 5) is 11.6. The number of nitrogens with zero attached hydrogens (tertiary/aromatic N) is 2. The van der Waals surface area contributed by atoms with Crippen molar-refractivity contribution in [3.05, 3.63) is 51.3 Å². The van der Waals surface area contributed by atoms with Gasteiger partial charge in [0.25, 0.3) is 0 Å². The van der Waals surface area contributed by atoms with Crippen LogP contribution in [-0.4, -0.2) is 15.6 Å². The summed E-state index contributed by atoms with van der Waals surface area (Å²) in [5.74, 6) is 0.0521. The summed E-state index contributed by atoms with van der Waals surface area (Å²) in [5.41, 5.74) is 4.51. The van der Waals surface area contributed by atoms with Crippen LogP contribution in [0.2, 0.25) is 5.02 Å². The molecule has 0 aliphatic carbocycles. The van der Waals surface area contributed by atoms with Gasteiger partial charge in [0.1, 0.15) is 0 Å². The number of rotatable bonds is 3. The molecule has 2 rings (SSSR count). The highest BCUT2D eigenvalue weighted by Crippen LogP contribution is 2.21. The van der Waals surface area contributed by atoms with Crippen LogP contribution in [0.4, 0.5) is 0 Å². The van der Waals surface area contributed by atoms with E-state index in [1.165, 1.54) is 0 Å². The van der Waals surface area contributed by atoms with Crippen LogP contribution in [0.5, 0.6) is 0 Å². The molecule has 0 fully saturated rings. The average molecular weight is 277 g/mol. The fourth-order valence-corrected chi connectivity index (χ4v) is 2.60. The lowest BCUT2D eigenvalue weighted by Crippen LogP contribution is -2.05. The fraction of sp³-hybridized carbons (Fsp3) is 0.333. The predicted octanol–water partition coefficient (Wildman–Crippen LogP) is 3.71. The van der Waals surface area contributed by atoms with Crippen molar-refractivity contribution >= 4 is 17.4 Å². The van der Waals surface area contributed by atoms with E-state index in [2.05, 4.69) is 5.10 Å². The van der Waals surface area contributed by atoms with E-state index in [0.29, 0.717) is 12.1 Å². The van der Waals surface area contributed by atoms with Crippen molar-refractivity contribution in [3.63, 3.8) is 0 Å². The number of Topliss-reactive ketones (excluding diaryl/α,β-unsaturated/α-hetero) is 1. The van der Waals surface area contributed by atoms with Gasteiger partial charge in [0.05, 0.1) is 17.8 Å². The predicted molar refractivity (Wildman–Crippen MR) is 77.0 cm³/mol. The Morgan fingerprint density at radius 2 is 2.00 bits per heavy atom. The Bertz CT molecular complexity index is 644. The molecule has 0 aliphatic heterocycles. The SMILES string of the molecule is CC(=O)c1c(C)nn(Cc2ccc(C)cc2Cl)c1C. The Kier molecular flexibility index (Phi) is 3.76. The highest BCUT2D eigenvalue weighted by molar-refractivity contribution is 6.31. The van der Waals surface area contributed by atoms with Gasteiger partial charge in [-0.25, -0.2) is 0 Å². The largest absolute Gasteiger partial charge is 0.294 e. The standard InChI is InChI=1S/C15H17ClN2O/c1-9-5-6-13(14(16)7-9)8-18-11(3)15(12(4)19)10(2)17-18/h5-7H,8H2,1-4H3. The Morgan fingerprint density at radius 1 is 1.32 bits per heavy atom. The lowest BCUT2D eigenvalue weighted by Gasteiger charge is -2.08. The first kappa shape index (κ1) is 13.8. The van der Waals surface area contributed by atoms with E-state index in [1.54, 1.807) is 6.92 Å². The Balaban J connectivity index is 2.39. The zero-order valence-corrected chi connectivity index (χ0v) is 12.4. The van der Waals surface area contributed by atoms with Gasteiger partial charge in [0, 0.05) is 10.7 Å². The molecule has 1 aromatic carbocycles. The Hall–Kier alpha value is -1.61. The second-order valence-electron chi connectivity index (χ2n) is 4.85. The maximum Gasteiger partial charge on any atom is 0.163 e. The van der Waals surface area contributed by atoms with Gasteiger partial charge in [-0.3, -0.25) is 9.48 Å². The molecule has 1 heterocycles. The van der Waals surface area contributed by atoms with Gasteiger partial charge >= 0.3 is 0 Å². The smallest absolute Gasteiger partial charge is 0.163 e. The van der Waals surface area contributed by atoms with Crippen molar-refractivity contribution in [2.45, 2.75) is 34.2 Å². The maximum absolute atomic E-state index is 11.6. The van der Waals surface area contributed by atoms with Crippen LogP contribution in [0.1, 0.15) is 39.8 Å². The first-order valence-electron chi connectivity index (χ1n) is 6.20. The summed E-state index contributed by atoms with van der Waals surface area (Å²) >= 11 is 6.23. The van der Waals surface area contributed by atoms with Gasteiger partial charge in [-0.1, -0.05) is 23.7 Å².